The Morgan fingerprint density at radius 3 is 2.68 bits per heavy atom. The maximum absolute atomic E-state index is 13.0. The molecule has 0 atom stereocenters. The lowest BCUT2D eigenvalue weighted by atomic mass is 10.2. The predicted molar refractivity (Wildman–Crippen MR) is 111 cm³/mol. The number of aromatic nitrogens is 3. The molecule has 1 aromatic carbocycles. The fourth-order valence-corrected chi connectivity index (χ4v) is 4.08. The predicted octanol–water partition coefficient (Wildman–Crippen LogP) is 3.05. The van der Waals surface area contributed by atoms with Gasteiger partial charge in [-0.05, 0) is 41.6 Å². The molecule has 1 N–H and O–H groups in total. The molecule has 7 heteroatoms. The number of carbonyl (C=O) groups excluding carboxylic acids is 1. The monoisotopic (exact) mass is 392 g/mol. The van der Waals surface area contributed by atoms with Gasteiger partial charge in [0.15, 0.2) is 5.65 Å². The van der Waals surface area contributed by atoms with Crippen molar-refractivity contribution in [3.05, 3.63) is 86.6 Å². The highest BCUT2D eigenvalue weighted by atomic mass is 32.1. The van der Waals surface area contributed by atoms with Crippen molar-refractivity contribution in [2.45, 2.75) is 20.0 Å². The second kappa shape index (κ2) is 7.82. The Kier molecular flexibility index (Phi) is 5.08. The number of hydrogen-bond acceptors (Lipinski definition) is 4. The fraction of sp³-hybridized carbons (Fsp3) is 0.190. The molecule has 4 rings (SSSR count). The number of aryl methyl sites for hydroxylation is 1. The number of nitrogens with one attached hydrogen (secondary N) is 1. The summed E-state index contributed by atoms with van der Waals surface area (Å²) in [5.41, 5.74) is 3.30. The molecule has 0 saturated carbocycles. The van der Waals surface area contributed by atoms with Crippen LogP contribution >= 0.6 is 11.3 Å². The third-order valence-corrected chi connectivity index (χ3v) is 5.66. The Morgan fingerprint density at radius 1 is 1.11 bits per heavy atom. The van der Waals surface area contributed by atoms with Crippen molar-refractivity contribution >= 4 is 28.4 Å². The molecule has 0 spiro atoms. The SMILES string of the molecule is Cc1ccsc1C(=O)NCCn1c(=O)n(Cc2ccccc2)c2cccnc21. The molecule has 0 saturated heterocycles. The fourth-order valence-electron chi connectivity index (χ4n) is 3.23. The summed E-state index contributed by atoms with van der Waals surface area (Å²) in [6.07, 6.45) is 1.68. The number of hydrogen-bond donors (Lipinski definition) is 1. The lowest BCUT2D eigenvalue weighted by molar-refractivity contribution is 0.0956. The first-order valence-electron chi connectivity index (χ1n) is 9.05. The molecule has 28 heavy (non-hydrogen) atoms. The number of thiophene rings is 1. The van der Waals surface area contributed by atoms with E-state index in [1.54, 1.807) is 15.3 Å². The summed E-state index contributed by atoms with van der Waals surface area (Å²) >= 11 is 1.42. The van der Waals surface area contributed by atoms with Crippen LogP contribution in [0.15, 0.2) is 64.9 Å². The third kappa shape index (κ3) is 3.48. The van der Waals surface area contributed by atoms with E-state index in [1.165, 1.54) is 11.3 Å². The zero-order chi connectivity index (χ0) is 19.5. The van der Waals surface area contributed by atoms with Gasteiger partial charge in [0.25, 0.3) is 5.91 Å². The molecule has 0 unspecified atom stereocenters. The minimum absolute atomic E-state index is 0.110. The van der Waals surface area contributed by atoms with Crippen molar-refractivity contribution < 1.29 is 4.79 Å². The van der Waals surface area contributed by atoms with Gasteiger partial charge in [0.1, 0.15) is 0 Å². The Balaban J connectivity index is 1.57. The molecule has 0 radical (unpaired) electrons. The summed E-state index contributed by atoms with van der Waals surface area (Å²) in [4.78, 5) is 30.4. The van der Waals surface area contributed by atoms with Gasteiger partial charge in [0.05, 0.1) is 16.9 Å². The van der Waals surface area contributed by atoms with E-state index in [0.29, 0.717) is 30.2 Å². The Morgan fingerprint density at radius 2 is 1.93 bits per heavy atom. The summed E-state index contributed by atoms with van der Waals surface area (Å²) in [7, 11) is 0. The quantitative estimate of drug-likeness (QED) is 0.548. The van der Waals surface area contributed by atoms with Crippen LogP contribution in [0.3, 0.4) is 0 Å². The molecule has 142 valence electrons. The second-order valence-electron chi connectivity index (χ2n) is 6.54. The largest absolute Gasteiger partial charge is 0.350 e. The van der Waals surface area contributed by atoms with Crippen LogP contribution in [0.2, 0.25) is 0 Å². The average Bonchev–Trinajstić information content (AvgIpc) is 3.25. The molecule has 6 nitrogen and oxygen atoms in total. The Hall–Kier alpha value is -3.19. The smallest absolute Gasteiger partial charge is 0.330 e. The van der Waals surface area contributed by atoms with Crippen LogP contribution in [0.1, 0.15) is 20.8 Å². The van der Waals surface area contributed by atoms with Crippen LogP contribution in [0.25, 0.3) is 11.2 Å². The van der Waals surface area contributed by atoms with E-state index in [2.05, 4.69) is 10.3 Å². The van der Waals surface area contributed by atoms with E-state index in [9.17, 15) is 9.59 Å². The first kappa shape index (κ1) is 18.2. The van der Waals surface area contributed by atoms with Gasteiger partial charge in [0, 0.05) is 19.3 Å². The third-order valence-electron chi connectivity index (χ3n) is 4.65. The normalized spacial score (nSPS) is 11.0. The number of benzene rings is 1. The highest BCUT2D eigenvalue weighted by Crippen LogP contribution is 2.15. The molecule has 0 bridgehead atoms. The number of imidazole rings is 1. The highest BCUT2D eigenvalue weighted by Gasteiger charge is 2.15. The van der Waals surface area contributed by atoms with Gasteiger partial charge in [-0.2, -0.15) is 0 Å². The van der Waals surface area contributed by atoms with Crippen LogP contribution in [0.5, 0.6) is 0 Å². The average molecular weight is 392 g/mol. The highest BCUT2D eigenvalue weighted by molar-refractivity contribution is 7.12. The Bertz CT molecular complexity index is 1170. The summed E-state index contributed by atoms with van der Waals surface area (Å²) in [6, 6.07) is 15.5. The van der Waals surface area contributed by atoms with E-state index >= 15 is 0 Å². The van der Waals surface area contributed by atoms with E-state index in [4.69, 9.17) is 0 Å². The molecule has 0 aliphatic rings. The first-order valence-corrected chi connectivity index (χ1v) is 9.93. The number of fused-ring (bicyclic) bond motifs is 1. The number of amides is 1. The first-order chi connectivity index (χ1) is 13.6. The molecule has 1 amide bonds. The zero-order valence-corrected chi connectivity index (χ0v) is 16.3. The minimum Gasteiger partial charge on any atom is -0.350 e. The summed E-state index contributed by atoms with van der Waals surface area (Å²) in [5, 5.41) is 4.80. The van der Waals surface area contributed by atoms with Crippen molar-refractivity contribution in [3.63, 3.8) is 0 Å². The van der Waals surface area contributed by atoms with Gasteiger partial charge in [0.2, 0.25) is 0 Å². The van der Waals surface area contributed by atoms with E-state index < -0.39 is 0 Å². The zero-order valence-electron chi connectivity index (χ0n) is 15.5. The van der Waals surface area contributed by atoms with Gasteiger partial charge >= 0.3 is 5.69 Å². The number of pyridine rings is 1. The summed E-state index contributed by atoms with van der Waals surface area (Å²) in [5.74, 6) is -0.110. The van der Waals surface area contributed by atoms with Gasteiger partial charge in [-0.3, -0.25) is 13.9 Å². The molecule has 0 aliphatic carbocycles. The van der Waals surface area contributed by atoms with Crippen molar-refractivity contribution in [3.8, 4) is 0 Å². The second-order valence-corrected chi connectivity index (χ2v) is 7.46. The molecular formula is C21H20N4O2S. The van der Waals surface area contributed by atoms with Crippen LogP contribution in [0, 0.1) is 6.92 Å². The molecule has 0 aliphatic heterocycles. The van der Waals surface area contributed by atoms with Crippen LogP contribution in [-0.4, -0.2) is 26.6 Å². The van der Waals surface area contributed by atoms with Crippen LogP contribution in [-0.2, 0) is 13.1 Å². The molecule has 0 fully saturated rings. The van der Waals surface area contributed by atoms with E-state index in [0.717, 1.165) is 16.6 Å². The van der Waals surface area contributed by atoms with Crippen LogP contribution < -0.4 is 11.0 Å². The number of rotatable bonds is 6. The van der Waals surface area contributed by atoms with Crippen molar-refractivity contribution in [1.29, 1.82) is 0 Å². The molecular weight excluding hydrogens is 372 g/mol. The maximum Gasteiger partial charge on any atom is 0.330 e. The van der Waals surface area contributed by atoms with E-state index in [-0.39, 0.29) is 11.6 Å². The van der Waals surface area contributed by atoms with Crippen LogP contribution in [0.4, 0.5) is 0 Å². The van der Waals surface area contributed by atoms with Gasteiger partial charge in [-0.15, -0.1) is 11.3 Å². The van der Waals surface area contributed by atoms with Gasteiger partial charge in [-0.1, -0.05) is 30.3 Å². The topological polar surface area (TPSA) is 68.9 Å². The molecule has 3 heterocycles. The standard InChI is InChI=1S/C21H20N4O2S/c1-15-9-13-28-18(15)20(26)23-11-12-24-19-17(8-5-10-22-19)25(21(24)27)14-16-6-3-2-4-7-16/h2-10,13H,11-12,14H2,1H3,(H,23,26). The van der Waals surface area contributed by atoms with Crippen molar-refractivity contribution in [2.24, 2.45) is 0 Å². The lowest BCUT2D eigenvalue weighted by Crippen LogP contribution is -2.31. The van der Waals surface area contributed by atoms with Gasteiger partial charge < -0.3 is 5.32 Å². The van der Waals surface area contributed by atoms with E-state index in [1.807, 2.05) is 60.8 Å². The number of carbonyl (C=O) groups is 1. The van der Waals surface area contributed by atoms with Gasteiger partial charge in [-0.25, -0.2) is 9.78 Å². The molecule has 4 aromatic rings. The van der Waals surface area contributed by atoms with Crippen molar-refractivity contribution in [2.75, 3.05) is 6.54 Å². The van der Waals surface area contributed by atoms with Crippen molar-refractivity contribution in [1.82, 2.24) is 19.4 Å². The summed E-state index contributed by atoms with van der Waals surface area (Å²) in [6.45, 7) is 3.12. The summed E-state index contributed by atoms with van der Waals surface area (Å²) < 4.78 is 3.35. The Labute approximate surface area is 166 Å². The molecule has 3 aromatic heterocycles. The maximum atomic E-state index is 13.0. The minimum atomic E-state index is -0.126. The number of nitrogens with zero attached hydrogens (tertiary/aromatic N) is 3. The lowest BCUT2D eigenvalue weighted by Gasteiger charge is -2.06.